The van der Waals surface area contributed by atoms with Crippen LogP contribution in [0.15, 0.2) is 34.5 Å². The molecule has 5 nitrogen and oxygen atoms in total. The Bertz CT molecular complexity index is 655. The topological polar surface area (TPSA) is 48.3 Å². The van der Waals surface area contributed by atoms with Crippen molar-refractivity contribution in [2.75, 3.05) is 25.0 Å². The minimum Gasteiger partial charge on any atom is -0.373 e. The number of anilines is 1. The summed E-state index contributed by atoms with van der Waals surface area (Å²) >= 11 is 0. The average Bonchev–Trinajstić information content (AvgIpc) is 3.36. The third-order valence-corrected chi connectivity index (χ3v) is 4.61. The van der Waals surface area contributed by atoms with Gasteiger partial charge in [-0.3, -0.25) is 4.79 Å². The van der Waals surface area contributed by atoms with Crippen LogP contribution < -0.4 is 4.90 Å². The second kappa shape index (κ2) is 6.41. The maximum atomic E-state index is 12.6. The molecular formula is C18H22N4O. The van der Waals surface area contributed by atoms with Crippen LogP contribution in [0.3, 0.4) is 0 Å². The molecule has 0 saturated heterocycles. The number of fused-ring (bicyclic) bond motifs is 1. The van der Waals surface area contributed by atoms with Crippen molar-refractivity contribution in [2.24, 2.45) is 10.2 Å². The van der Waals surface area contributed by atoms with Crippen LogP contribution in [0.5, 0.6) is 0 Å². The molecule has 0 atom stereocenters. The zero-order chi connectivity index (χ0) is 16.3. The van der Waals surface area contributed by atoms with Gasteiger partial charge in [-0.25, -0.2) is 0 Å². The highest BCUT2D eigenvalue weighted by molar-refractivity contribution is 5.77. The number of carbonyl (C=O) groups is 1. The molecule has 3 rings (SSSR count). The molecule has 2 aliphatic heterocycles. The monoisotopic (exact) mass is 310 g/mol. The third kappa shape index (κ3) is 3.53. The SMILES string of the molecule is C#CCCC1(CCC(=O)N2CCN(C)c3ccccc3C2)N=N1. The standard InChI is InChI=1S/C18H22N4O/c1-3-4-10-18(19-20-18)11-9-17(23)22-13-12-21(2)16-8-6-5-7-15(16)14-22/h1,5-8H,4,9-14H2,2H3. The van der Waals surface area contributed by atoms with E-state index in [0.717, 1.165) is 19.5 Å². The lowest BCUT2D eigenvalue weighted by molar-refractivity contribution is -0.131. The second-order valence-corrected chi connectivity index (χ2v) is 6.25. The van der Waals surface area contributed by atoms with E-state index in [9.17, 15) is 4.79 Å². The molecule has 0 aromatic heterocycles. The maximum Gasteiger partial charge on any atom is 0.223 e. The summed E-state index contributed by atoms with van der Waals surface area (Å²) in [5.74, 6) is 2.79. The van der Waals surface area contributed by atoms with Crippen LogP contribution in [0.2, 0.25) is 0 Å². The van der Waals surface area contributed by atoms with E-state index in [1.54, 1.807) is 0 Å². The summed E-state index contributed by atoms with van der Waals surface area (Å²) in [6, 6.07) is 8.27. The van der Waals surface area contributed by atoms with E-state index in [1.807, 2.05) is 17.0 Å². The number of terminal acetylenes is 1. The molecule has 23 heavy (non-hydrogen) atoms. The van der Waals surface area contributed by atoms with E-state index in [0.29, 0.717) is 25.8 Å². The predicted molar refractivity (Wildman–Crippen MR) is 90.0 cm³/mol. The summed E-state index contributed by atoms with van der Waals surface area (Å²) in [6.45, 7) is 2.26. The van der Waals surface area contributed by atoms with Crippen molar-refractivity contribution in [3.05, 3.63) is 29.8 Å². The Balaban J connectivity index is 1.59. The lowest BCUT2D eigenvalue weighted by atomic mass is 10.0. The molecule has 1 aromatic rings. The van der Waals surface area contributed by atoms with Gasteiger partial charge in [0.2, 0.25) is 5.91 Å². The Morgan fingerprint density at radius 3 is 2.83 bits per heavy atom. The smallest absolute Gasteiger partial charge is 0.223 e. The first-order chi connectivity index (χ1) is 11.1. The molecule has 0 radical (unpaired) electrons. The van der Waals surface area contributed by atoms with Crippen molar-refractivity contribution in [3.8, 4) is 12.3 Å². The zero-order valence-corrected chi connectivity index (χ0v) is 13.5. The summed E-state index contributed by atoms with van der Waals surface area (Å²) < 4.78 is 0. The Hall–Kier alpha value is -2.35. The lowest BCUT2D eigenvalue weighted by Crippen LogP contribution is -2.34. The Kier molecular flexibility index (Phi) is 4.33. The highest BCUT2D eigenvalue weighted by Crippen LogP contribution is 2.37. The molecule has 1 aromatic carbocycles. The van der Waals surface area contributed by atoms with E-state index in [2.05, 4.69) is 40.2 Å². The molecule has 0 saturated carbocycles. The molecule has 2 heterocycles. The normalized spacial score (nSPS) is 18.1. The summed E-state index contributed by atoms with van der Waals surface area (Å²) in [6.07, 6.45) is 7.85. The van der Waals surface area contributed by atoms with Crippen LogP contribution in [0.25, 0.3) is 0 Å². The number of nitrogens with zero attached hydrogens (tertiary/aromatic N) is 4. The highest BCUT2D eigenvalue weighted by atomic mass is 16.2. The van der Waals surface area contributed by atoms with E-state index in [4.69, 9.17) is 6.42 Å². The fourth-order valence-electron chi connectivity index (χ4n) is 3.04. The molecule has 0 fully saturated rings. The summed E-state index contributed by atoms with van der Waals surface area (Å²) in [5.41, 5.74) is 2.03. The third-order valence-electron chi connectivity index (χ3n) is 4.61. The molecule has 5 heteroatoms. The first-order valence-electron chi connectivity index (χ1n) is 8.08. The van der Waals surface area contributed by atoms with E-state index < -0.39 is 0 Å². The minimum atomic E-state index is -0.372. The van der Waals surface area contributed by atoms with E-state index in [1.165, 1.54) is 11.3 Å². The minimum absolute atomic E-state index is 0.174. The fraction of sp³-hybridized carbons (Fsp3) is 0.500. The number of benzene rings is 1. The van der Waals surface area contributed by atoms with Crippen LogP contribution in [0, 0.1) is 12.3 Å². The largest absolute Gasteiger partial charge is 0.373 e. The Morgan fingerprint density at radius 2 is 2.09 bits per heavy atom. The van der Waals surface area contributed by atoms with Crippen molar-refractivity contribution in [3.63, 3.8) is 0 Å². The van der Waals surface area contributed by atoms with E-state index in [-0.39, 0.29) is 11.6 Å². The van der Waals surface area contributed by atoms with Crippen LogP contribution >= 0.6 is 0 Å². The highest BCUT2D eigenvalue weighted by Gasteiger charge is 2.39. The van der Waals surface area contributed by atoms with Gasteiger partial charge in [0.15, 0.2) is 5.66 Å². The first-order valence-corrected chi connectivity index (χ1v) is 8.08. The van der Waals surface area contributed by atoms with Crippen LogP contribution in [-0.4, -0.2) is 36.6 Å². The van der Waals surface area contributed by atoms with Gasteiger partial charge in [-0.2, -0.15) is 10.2 Å². The van der Waals surface area contributed by atoms with Gasteiger partial charge < -0.3 is 9.80 Å². The second-order valence-electron chi connectivity index (χ2n) is 6.25. The fourth-order valence-corrected chi connectivity index (χ4v) is 3.04. The quantitative estimate of drug-likeness (QED) is 0.785. The van der Waals surface area contributed by atoms with Gasteiger partial charge in [0.25, 0.3) is 0 Å². The van der Waals surface area contributed by atoms with Gasteiger partial charge in [0.05, 0.1) is 0 Å². The van der Waals surface area contributed by atoms with Crippen molar-refractivity contribution in [1.82, 2.24) is 4.90 Å². The van der Waals surface area contributed by atoms with E-state index >= 15 is 0 Å². The maximum absolute atomic E-state index is 12.6. The molecule has 120 valence electrons. The molecule has 0 aliphatic carbocycles. The zero-order valence-electron chi connectivity index (χ0n) is 13.5. The molecule has 0 spiro atoms. The number of amides is 1. The first kappa shape index (κ1) is 15.5. The number of likely N-dealkylation sites (N-methyl/N-ethyl adjacent to an activating group) is 1. The van der Waals surface area contributed by atoms with Gasteiger partial charge in [0.1, 0.15) is 0 Å². The molecule has 1 amide bonds. The molecule has 0 bridgehead atoms. The number of para-hydroxylation sites is 1. The van der Waals surface area contributed by atoms with Crippen molar-refractivity contribution in [1.29, 1.82) is 0 Å². The van der Waals surface area contributed by atoms with Crippen molar-refractivity contribution in [2.45, 2.75) is 37.9 Å². The number of carbonyl (C=O) groups excluding carboxylic acids is 1. The van der Waals surface area contributed by atoms with Gasteiger partial charge in [-0.05, 0) is 11.6 Å². The summed E-state index contributed by atoms with van der Waals surface area (Å²) in [7, 11) is 2.07. The van der Waals surface area contributed by atoms with Crippen LogP contribution in [-0.2, 0) is 11.3 Å². The number of rotatable bonds is 5. The average molecular weight is 310 g/mol. The van der Waals surface area contributed by atoms with Gasteiger partial charge >= 0.3 is 0 Å². The summed E-state index contributed by atoms with van der Waals surface area (Å²) in [4.78, 5) is 16.8. The predicted octanol–water partition coefficient (Wildman–Crippen LogP) is 2.82. The van der Waals surface area contributed by atoms with Crippen molar-refractivity contribution < 1.29 is 4.79 Å². The Labute approximate surface area is 137 Å². The van der Waals surface area contributed by atoms with Crippen molar-refractivity contribution >= 4 is 11.6 Å². The molecular weight excluding hydrogens is 288 g/mol. The molecule has 2 aliphatic rings. The van der Waals surface area contributed by atoms with Gasteiger partial charge in [-0.1, -0.05) is 18.2 Å². The Morgan fingerprint density at radius 1 is 1.30 bits per heavy atom. The number of hydrogen-bond acceptors (Lipinski definition) is 4. The van der Waals surface area contributed by atoms with Gasteiger partial charge in [0, 0.05) is 58.1 Å². The van der Waals surface area contributed by atoms with Crippen LogP contribution in [0.4, 0.5) is 5.69 Å². The molecule has 0 unspecified atom stereocenters. The summed E-state index contributed by atoms with van der Waals surface area (Å²) in [5, 5.41) is 8.21. The number of hydrogen-bond donors (Lipinski definition) is 0. The molecule has 0 N–H and O–H groups in total. The van der Waals surface area contributed by atoms with Crippen LogP contribution in [0.1, 0.15) is 31.2 Å². The van der Waals surface area contributed by atoms with Gasteiger partial charge in [-0.15, -0.1) is 12.3 Å². The lowest BCUT2D eigenvalue weighted by Gasteiger charge is -2.21.